The SMILES string of the molecule is COc1ccccc1C1OC(=O)CC1C(=O)NN. The number of esters is 1. The lowest BCUT2D eigenvalue weighted by Crippen LogP contribution is -2.37. The Morgan fingerprint density at radius 2 is 2.22 bits per heavy atom. The molecule has 1 aromatic carbocycles. The van der Waals surface area contributed by atoms with Crippen molar-refractivity contribution in [2.75, 3.05) is 7.11 Å². The Balaban J connectivity index is 2.35. The molecule has 1 aliphatic heterocycles. The van der Waals surface area contributed by atoms with Crippen LogP contribution in [-0.2, 0) is 14.3 Å². The van der Waals surface area contributed by atoms with Crippen LogP contribution in [0.3, 0.4) is 0 Å². The van der Waals surface area contributed by atoms with E-state index in [2.05, 4.69) is 5.43 Å². The van der Waals surface area contributed by atoms with Crippen LogP contribution in [0.1, 0.15) is 18.1 Å². The largest absolute Gasteiger partial charge is 0.496 e. The Kier molecular flexibility index (Phi) is 3.47. The molecule has 1 heterocycles. The van der Waals surface area contributed by atoms with Gasteiger partial charge in [-0.3, -0.25) is 15.0 Å². The third-order valence-electron chi connectivity index (χ3n) is 2.93. The molecule has 2 atom stereocenters. The number of carbonyl (C=O) groups excluding carboxylic acids is 2. The van der Waals surface area contributed by atoms with E-state index in [9.17, 15) is 9.59 Å². The highest BCUT2D eigenvalue weighted by Gasteiger charge is 2.41. The van der Waals surface area contributed by atoms with Gasteiger partial charge in [0.2, 0.25) is 5.91 Å². The van der Waals surface area contributed by atoms with Gasteiger partial charge >= 0.3 is 5.97 Å². The first-order chi connectivity index (χ1) is 8.67. The van der Waals surface area contributed by atoms with E-state index in [1.54, 1.807) is 24.3 Å². The van der Waals surface area contributed by atoms with Crippen LogP contribution >= 0.6 is 0 Å². The number of ether oxygens (including phenoxy) is 2. The standard InChI is InChI=1S/C12H14N2O4/c1-17-9-5-3-2-4-7(9)11-8(12(16)14-13)6-10(15)18-11/h2-5,8,11H,6,13H2,1H3,(H,14,16). The van der Waals surface area contributed by atoms with Crippen LogP contribution in [0.5, 0.6) is 5.75 Å². The molecule has 2 rings (SSSR count). The van der Waals surface area contributed by atoms with Gasteiger partial charge in [0, 0.05) is 5.56 Å². The number of para-hydroxylation sites is 1. The van der Waals surface area contributed by atoms with Crippen molar-refractivity contribution in [3.05, 3.63) is 29.8 Å². The van der Waals surface area contributed by atoms with E-state index in [0.717, 1.165) is 0 Å². The van der Waals surface area contributed by atoms with Crippen LogP contribution < -0.4 is 16.0 Å². The summed E-state index contributed by atoms with van der Waals surface area (Å²) >= 11 is 0. The molecule has 96 valence electrons. The molecule has 18 heavy (non-hydrogen) atoms. The minimum Gasteiger partial charge on any atom is -0.496 e. The number of methoxy groups -OCH3 is 1. The van der Waals surface area contributed by atoms with E-state index in [1.165, 1.54) is 7.11 Å². The summed E-state index contributed by atoms with van der Waals surface area (Å²) in [6, 6.07) is 7.11. The zero-order chi connectivity index (χ0) is 13.1. The van der Waals surface area contributed by atoms with Gasteiger partial charge < -0.3 is 9.47 Å². The number of nitrogens with two attached hydrogens (primary N) is 1. The summed E-state index contributed by atoms with van der Waals surface area (Å²) in [5, 5.41) is 0. The lowest BCUT2D eigenvalue weighted by atomic mass is 9.94. The maximum absolute atomic E-state index is 11.6. The van der Waals surface area contributed by atoms with Crippen molar-refractivity contribution in [2.24, 2.45) is 11.8 Å². The molecule has 1 amide bonds. The van der Waals surface area contributed by atoms with Gasteiger partial charge in [-0.05, 0) is 6.07 Å². The average Bonchev–Trinajstić information content (AvgIpc) is 2.79. The zero-order valence-electron chi connectivity index (χ0n) is 9.88. The molecule has 1 fully saturated rings. The second-order valence-electron chi connectivity index (χ2n) is 3.97. The van der Waals surface area contributed by atoms with E-state index < -0.39 is 23.9 Å². The average molecular weight is 250 g/mol. The predicted molar refractivity (Wildman–Crippen MR) is 62.3 cm³/mol. The first-order valence-electron chi connectivity index (χ1n) is 5.50. The van der Waals surface area contributed by atoms with E-state index in [1.807, 2.05) is 0 Å². The van der Waals surface area contributed by atoms with Crippen LogP contribution in [-0.4, -0.2) is 19.0 Å². The summed E-state index contributed by atoms with van der Waals surface area (Å²) in [5.41, 5.74) is 2.72. The molecule has 6 heteroatoms. The van der Waals surface area contributed by atoms with E-state index >= 15 is 0 Å². The van der Waals surface area contributed by atoms with Gasteiger partial charge in [-0.1, -0.05) is 18.2 Å². The molecule has 0 bridgehead atoms. The Bertz CT molecular complexity index is 475. The lowest BCUT2D eigenvalue weighted by Gasteiger charge is -2.18. The van der Waals surface area contributed by atoms with Crippen LogP contribution in [0, 0.1) is 5.92 Å². The number of carbonyl (C=O) groups is 2. The second kappa shape index (κ2) is 5.05. The van der Waals surface area contributed by atoms with Crippen LogP contribution in [0.2, 0.25) is 0 Å². The van der Waals surface area contributed by atoms with Gasteiger partial charge in [0.15, 0.2) is 0 Å². The molecule has 2 unspecified atom stereocenters. The normalized spacial score (nSPS) is 22.4. The summed E-state index contributed by atoms with van der Waals surface area (Å²) in [5.74, 6) is 4.22. The molecular weight excluding hydrogens is 236 g/mol. The fourth-order valence-corrected chi connectivity index (χ4v) is 2.08. The molecule has 0 spiro atoms. The maximum atomic E-state index is 11.6. The van der Waals surface area contributed by atoms with E-state index in [-0.39, 0.29) is 6.42 Å². The predicted octanol–water partition coefficient (Wildman–Crippen LogP) is 0.289. The van der Waals surface area contributed by atoms with Gasteiger partial charge in [-0.15, -0.1) is 0 Å². The summed E-state index contributed by atoms with van der Waals surface area (Å²) in [6.07, 6.45) is -0.636. The highest BCUT2D eigenvalue weighted by Crippen LogP contribution is 2.39. The maximum Gasteiger partial charge on any atom is 0.307 e. The molecular formula is C12H14N2O4. The third kappa shape index (κ3) is 2.14. The number of hydrogen-bond donors (Lipinski definition) is 2. The van der Waals surface area contributed by atoms with Gasteiger partial charge in [0.25, 0.3) is 0 Å². The van der Waals surface area contributed by atoms with Crippen LogP contribution in [0.4, 0.5) is 0 Å². The lowest BCUT2D eigenvalue weighted by molar-refractivity contribution is -0.141. The first-order valence-corrected chi connectivity index (χ1v) is 5.50. The third-order valence-corrected chi connectivity index (χ3v) is 2.93. The number of cyclic esters (lactones) is 1. The topological polar surface area (TPSA) is 90.6 Å². The van der Waals surface area contributed by atoms with Gasteiger partial charge in [-0.25, -0.2) is 5.84 Å². The van der Waals surface area contributed by atoms with Crippen molar-refractivity contribution in [2.45, 2.75) is 12.5 Å². The summed E-state index contributed by atoms with van der Waals surface area (Å²) in [6.45, 7) is 0. The fraction of sp³-hybridized carbons (Fsp3) is 0.333. The minimum atomic E-state index is -0.655. The number of hydrogen-bond acceptors (Lipinski definition) is 5. The number of hydrazine groups is 1. The van der Waals surface area contributed by atoms with Gasteiger partial charge in [-0.2, -0.15) is 0 Å². The number of nitrogens with one attached hydrogen (secondary N) is 1. The van der Waals surface area contributed by atoms with Crippen molar-refractivity contribution < 1.29 is 19.1 Å². The molecule has 3 N–H and O–H groups in total. The molecule has 1 aromatic rings. The Labute approximate surface area is 104 Å². The number of amides is 1. The molecule has 0 radical (unpaired) electrons. The van der Waals surface area contributed by atoms with Crippen LogP contribution in [0.15, 0.2) is 24.3 Å². The first kappa shape index (κ1) is 12.4. The Hall–Kier alpha value is -2.08. The molecule has 1 aliphatic rings. The Morgan fingerprint density at radius 3 is 2.89 bits per heavy atom. The van der Waals surface area contributed by atoms with Crippen molar-refractivity contribution in [3.63, 3.8) is 0 Å². The molecule has 0 saturated carbocycles. The summed E-state index contributed by atoms with van der Waals surface area (Å²) < 4.78 is 10.4. The molecule has 1 saturated heterocycles. The van der Waals surface area contributed by atoms with Gasteiger partial charge in [0.05, 0.1) is 19.4 Å². The smallest absolute Gasteiger partial charge is 0.307 e. The number of benzene rings is 1. The second-order valence-corrected chi connectivity index (χ2v) is 3.97. The number of rotatable bonds is 3. The quantitative estimate of drug-likeness (QED) is 0.348. The van der Waals surface area contributed by atoms with Crippen molar-refractivity contribution >= 4 is 11.9 Å². The zero-order valence-corrected chi connectivity index (χ0v) is 9.88. The summed E-state index contributed by atoms with van der Waals surface area (Å²) in [4.78, 5) is 23.0. The summed E-state index contributed by atoms with van der Waals surface area (Å²) in [7, 11) is 1.52. The van der Waals surface area contributed by atoms with E-state index in [4.69, 9.17) is 15.3 Å². The minimum absolute atomic E-state index is 0.0196. The highest BCUT2D eigenvalue weighted by atomic mass is 16.6. The molecule has 6 nitrogen and oxygen atoms in total. The molecule has 0 aromatic heterocycles. The fourth-order valence-electron chi connectivity index (χ4n) is 2.08. The van der Waals surface area contributed by atoms with Crippen molar-refractivity contribution in [1.29, 1.82) is 0 Å². The monoisotopic (exact) mass is 250 g/mol. The van der Waals surface area contributed by atoms with Crippen molar-refractivity contribution in [3.8, 4) is 5.75 Å². The van der Waals surface area contributed by atoms with Crippen LogP contribution in [0.25, 0.3) is 0 Å². The molecule has 0 aliphatic carbocycles. The van der Waals surface area contributed by atoms with Gasteiger partial charge in [0.1, 0.15) is 11.9 Å². The highest BCUT2D eigenvalue weighted by molar-refractivity contribution is 5.86. The van der Waals surface area contributed by atoms with E-state index in [0.29, 0.717) is 11.3 Å². The Morgan fingerprint density at radius 1 is 1.50 bits per heavy atom. The van der Waals surface area contributed by atoms with Crippen molar-refractivity contribution in [1.82, 2.24) is 5.43 Å².